The molecule has 2 fully saturated rings. The van der Waals surface area contributed by atoms with Crippen LogP contribution in [0.4, 0.5) is 0 Å². The molecule has 1 aliphatic carbocycles. The molecule has 2 aliphatic rings. The molecule has 3 N–H and O–H groups in total. The van der Waals surface area contributed by atoms with Gasteiger partial charge in [0.15, 0.2) is 0 Å². The van der Waals surface area contributed by atoms with Crippen molar-refractivity contribution in [2.45, 2.75) is 25.7 Å². The van der Waals surface area contributed by atoms with Crippen LogP contribution in [0, 0.1) is 5.41 Å². The van der Waals surface area contributed by atoms with Crippen LogP contribution in [0.2, 0.25) is 0 Å². The Morgan fingerprint density at radius 2 is 2.12 bits per heavy atom. The summed E-state index contributed by atoms with van der Waals surface area (Å²) >= 11 is 0. The first-order valence-electron chi connectivity index (χ1n) is 5.94. The van der Waals surface area contributed by atoms with Crippen molar-refractivity contribution in [2.24, 2.45) is 11.1 Å². The maximum Gasteiger partial charge on any atom is 0.239 e. The summed E-state index contributed by atoms with van der Waals surface area (Å²) in [6.45, 7) is 1.78. The third kappa shape index (κ3) is 1.91. The number of rotatable bonds is 2. The van der Waals surface area contributed by atoms with E-state index >= 15 is 0 Å². The van der Waals surface area contributed by atoms with E-state index in [1.165, 1.54) is 0 Å². The highest BCUT2D eigenvalue weighted by Gasteiger charge is 2.43. The minimum absolute atomic E-state index is 0.0650. The Hall–Kier alpha value is -1.10. The van der Waals surface area contributed by atoms with Crippen molar-refractivity contribution in [2.75, 3.05) is 26.2 Å². The lowest BCUT2D eigenvalue weighted by Gasteiger charge is -2.35. The molecule has 16 heavy (non-hydrogen) atoms. The van der Waals surface area contributed by atoms with Crippen LogP contribution >= 0.6 is 0 Å². The van der Waals surface area contributed by atoms with Gasteiger partial charge in [-0.05, 0) is 12.8 Å². The van der Waals surface area contributed by atoms with Gasteiger partial charge in [-0.3, -0.25) is 9.59 Å². The SMILES string of the molecule is NCC1(C(=O)N2CCNC(=O)C2)CCCC1. The Bertz CT molecular complexity index is 298. The second-order valence-electron chi connectivity index (χ2n) is 4.77. The fraction of sp³-hybridized carbons (Fsp3) is 0.818. The lowest BCUT2D eigenvalue weighted by molar-refractivity contribution is -0.146. The van der Waals surface area contributed by atoms with Gasteiger partial charge in [-0.2, -0.15) is 0 Å². The third-order valence-electron chi connectivity index (χ3n) is 3.73. The molecular weight excluding hydrogens is 206 g/mol. The molecule has 1 saturated carbocycles. The van der Waals surface area contributed by atoms with E-state index in [0.29, 0.717) is 19.6 Å². The van der Waals surface area contributed by atoms with Crippen molar-refractivity contribution in [3.63, 3.8) is 0 Å². The molecule has 0 atom stereocenters. The molecule has 1 saturated heterocycles. The van der Waals surface area contributed by atoms with Crippen molar-refractivity contribution in [3.8, 4) is 0 Å². The summed E-state index contributed by atoms with van der Waals surface area (Å²) in [7, 11) is 0. The minimum atomic E-state index is -0.377. The van der Waals surface area contributed by atoms with Gasteiger partial charge in [-0.25, -0.2) is 0 Å². The molecule has 1 heterocycles. The molecule has 5 nitrogen and oxygen atoms in total. The number of nitrogens with two attached hydrogens (primary N) is 1. The Labute approximate surface area is 95.3 Å². The molecule has 90 valence electrons. The van der Waals surface area contributed by atoms with E-state index in [9.17, 15) is 9.59 Å². The molecule has 0 bridgehead atoms. The van der Waals surface area contributed by atoms with Crippen LogP contribution in [0.1, 0.15) is 25.7 Å². The largest absolute Gasteiger partial charge is 0.353 e. The molecule has 2 rings (SSSR count). The Morgan fingerprint density at radius 1 is 1.44 bits per heavy atom. The lowest BCUT2D eigenvalue weighted by Crippen LogP contribution is -2.55. The van der Waals surface area contributed by atoms with Gasteiger partial charge in [0.25, 0.3) is 0 Å². The first-order chi connectivity index (χ1) is 7.68. The van der Waals surface area contributed by atoms with Crippen LogP contribution in [-0.4, -0.2) is 42.9 Å². The third-order valence-corrected chi connectivity index (χ3v) is 3.73. The number of carbonyl (C=O) groups excluding carboxylic acids is 2. The van der Waals surface area contributed by atoms with Crippen LogP contribution in [0.15, 0.2) is 0 Å². The maximum atomic E-state index is 12.4. The highest BCUT2D eigenvalue weighted by atomic mass is 16.2. The number of piperazine rings is 1. The molecule has 0 spiro atoms. The van der Waals surface area contributed by atoms with Gasteiger partial charge in [0.1, 0.15) is 0 Å². The smallest absolute Gasteiger partial charge is 0.239 e. The summed E-state index contributed by atoms with van der Waals surface area (Å²) in [5.41, 5.74) is 5.39. The molecule has 0 unspecified atom stereocenters. The van der Waals surface area contributed by atoms with Crippen LogP contribution in [0.5, 0.6) is 0 Å². The highest BCUT2D eigenvalue weighted by Crippen LogP contribution is 2.38. The zero-order valence-corrected chi connectivity index (χ0v) is 9.50. The predicted molar refractivity (Wildman–Crippen MR) is 59.5 cm³/mol. The van der Waals surface area contributed by atoms with Crippen molar-refractivity contribution in [3.05, 3.63) is 0 Å². The summed E-state index contributed by atoms with van der Waals surface area (Å²) in [5, 5.41) is 2.72. The fourth-order valence-electron chi connectivity index (χ4n) is 2.70. The molecule has 1 aliphatic heterocycles. The molecule has 0 radical (unpaired) electrons. The van der Waals surface area contributed by atoms with Crippen molar-refractivity contribution >= 4 is 11.8 Å². The summed E-state index contributed by atoms with van der Waals surface area (Å²) in [6.07, 6.45) is 3.90. The average Bonchev–Trinajstić information content (AvgIpc) is 2.78. The maximum absolute atomic E-state index is 12.4. The van der Waals surface area contributed by atoms with E-state index in [1.54, 1.807) is 4.90 Å². The lowest BCUT2D eigenvalue weighted by atomic mass is 9.84. The van der Waals surface area contributed by atoms with Gasteiger partial charge in [0, 0.05) is 19.6 Å². The quantitative estimate of drug-likeness (QED) is 0.663. The Balaban J connectivity index is 2.07. The summed E-state index contributed by atoms with van der Waals surface area (Å²) in [6, 6.07) is 0. The molecule has 0 aromatic carbocycles. The fourth-order valence-corrected chi connectivity index (χ4v) is 2.70. The van der Waals surface area contributed by atoms with Gasteiger partial charge in [-0.1, -0.05) is 12.8 Å². The predicted octanol–water partition coefficient (Wildman–Crippen LogP) is -0.536. The Kier molecular flexibility index (Phi) is 3.14. The number of nitrogens with one attached hydrogen (secondary N) is 1. The number of hydrogen-bond acceptors (Lipinski definition) is 3. The van der Waals surface area contributed by atoms with E-state index in [0.717, 1.165) is 25.7 Å². The van der Waals surface area contributed by atoms with Gasteiger partial charge in [0.2, 0.25) is 11.8 Å². The van der Waals surface area contributed by atoms with Crippen molar-refractivity contribution in [1.29, 1.82) is 0 Å². The molecule has 2 amide bonds. The van der Waals surface area contributed by atoms with Crippen LogP contribution in [0.3, 0.4) is 0 Å². The summed E-state index contributed by atoms with van der Waals surface area (Å²) < 4.78 is 0. The number of hydrogen-bond donors (Lipinski definition) is 2. The zero-order valence-electron chi connectivity index (χ0n) is 9.50. The van der Waals surface area contributed by atoms with Crippen LogP contribution in [-0.2, 0) is 9.59 Å². The van der Waals surface area contributed by atoms with Gasteiger partial charge < -0.3 is 16.0 Å². The highest BCUT2D eigenvalue weighted by molar-refractivity contribution is 5.89. The molecule has 0 aromatic heterocycles. The number of amides is 2. The first kappa shape index (κ1) is 11.4. The van der Waals surface area contributed by atoms with E-state index in [4.69, 9.17) is 5.73 Å². The van der Waals surface area contributed by atoms with Gasteiger partial charge in [-0.15, -0.1) is 0 Å². The van der Waals surface area contributed by atoms with Crippen molar-refractivity contribution in [1.82, 2.24) is 10.2 Å². The standard InChI is InChI=1S/C11H19N3O2/c12-8-11(3-1-2-4-11)10(16)14-6-5-13-9(15)7-14/h1-8,12H2,(H,13,15). The Morgan fingerprint density at radius 3 is 2.69 bits per heavy atom. The number of carbonyl (C=O) groups is 2. The van der Waals surface area contributed by atoms with Crippen LogP contribution in [0.25, 0.3) is 0 Å². The van der Waals surface area contributed by atoms with Crippen LogP contribution < -0.4 is 11.1 Å². The second kappa shape index (κ2) is 4.41. The minimum Gasteiger partial charge on any atom is -0.353 e. The summed E-state index contributed by atoms with van der Waals surface area (Å²) in [5.74, 6) is 0.0205. The molecular formula is C11H19N3O2. The summed E-state index contributed by atoms with van der Waals surface area (Å²) in [4.78, 5) is 25.3. The first-order valence-corrected chi connectivity index (χ1v) is 5.94. The van der Waals surface area contributed by atoms with E-state index in [-0.39, 0.29) is 23.8 Å². The van der Waals surface area contributed by atoms with E-state index < -0.39 is 0 Å². The molecule has 0 aromatic rings. The van der Waals surface area contributed by atoms with Gasteiger partial charge in [0.05, 0.1) is 12.0 Å². The average molecular weight is 225 g/mol. The second-order valence-corrected chi connectivity index (χ2v) is 4.77. The van der Waals surface area contributed by atoms with E-state index in [1.807, 2.05) is 0 Å². The molecule has 5 heteroatoms. The van der Waals surface area contributed by atoms with E-state index in [2.05, 4.69) is 5.32 Å². The normalized spacial score (nSPS) is 24.3. The van der Waals surface area contributed by atoms with Gasteiger partial charge >= 0.3 is 0 Å². The van der Waals surface area contributed by atoms with Crippen molar-refractivity contribution < 1.29 is 9.59 Å². The zero-order chi connectivity index (χ0) is 11.6. The monoisotopic (exact) mass is 225 g/mol. The topological polar surface area (TPSA) is 75.4 Å². The number of nitrogens with zero attached hydrogens (tertiary/aromatic N) is 1.